The van der Waals surface area contributed by atoms with Gasteiger partial charge in [-0.1, -0.05) is 25.9 Å². The maximum Gasteiger partial charge on any atom is 0.281 e. The Bertz CT molecular complexity index is 642. The molecule has 126 valence electrons. The molecule has 0 aromatic carbocycles. The lowest BCUT2D eigenvalue weighted by molar-refractivity contribution is 0.0958. The summed E-state index contributed by atoms with van der Waals surface area (Å²) < 4.78 is 1.11. The minimum Gasteiger partial charge on any atom is -0.399 e. The van der Waals surface area contributed by atoms with Gasteiger partial charge in [0.25, 0.3) is 5.91 Å². The molecular weight excluding hydrogens is 330 g/mol. The lowest BCUT2D eigenvalue weighted by Crippen LogP contribution is -2.21. The van der Waals surface area contributed by atoms with Crippen molar-refractivity contribution in [3.8, 4) is 0 Å². The van der Waals surface area contributed by atoms with E-state index in [9.17, 15) is 4.79 Å². The summed E-state index contributed by atoms with van der Waals surface area (Å²) in [5, 5.41) is 8.23. The standard InChI is InChI=1S/C16H23N3O2S2/c1-16(2,3)9-17-18-14(20)13-10-7-6-8-11(19-21-4)12(10)15(22-5)23-13/h9H,6-8H2,1-5H3,(H,18,20)/b17-9-,19-11-. The largest absolute Gasteiger partial charge is 0.399 e. The molecule has 0 radical (unpaired) electrons. The first kappa shape index (κ1) is 18.0. The average Bonchev–Trinajstić information content (AvgIpc) is 2.86. The van der Waals surface area contributed by atoms with Gasteiger partial charge in [0.2, 0.25) is 0 Å². The highest BCUT2D eigenvalue weighted by molar-refractivity contribution is 8.00. The van der Waals surface area contributed by atoms with Crippen molar-refractivity contribution in [1.82, 2.24) is 5.43 Å². The zero-order valence-corrected chi connectivity index (χ0v) is 15.9. The molecule has 0 unspecified atom stereocenters. The highest BCUT2D eigenvalue weighted by Gasteiger charge is 2.28. The lowest BCUT2D eigenvalue weighted by atomic mass is 9.92. The Hall–Kier alpha value is -1.34. The van der Waals surface area contributed by atoms with Gasteiger partial charge in [0, 0.05) is 11.8 Å². The number of thiophene rings is 1. The van der Waals surface area contributed by atoms with Gasteiger partial charge in [-0.15, -0.1) is 23.1 Å². The summed E-state index contributed by atoms with van der Waals surface area (Å²) in [5.74, 6) is -0.147. The molecule has 5 nitrogen and oxygen atoms in total. The van der Waals surface area contributed by atoms with Gasteiger partial charge >= 0.3 is 0 Å². The number of oxime groups is 1. The van der Waals surface area contributed by atoms with Crippen LogP contribution in [0.4, 0.5) is 0 Å². The van der Waals surface area contributed by atoms with Gasteiger partial charge < -0.3 is 4.84 Å². The first-order chi connectivity index (χ1) is 10.9. The Morgan fingerprint density at radius 1 is 1.39 bits per heavy atom. The number of carbonyl (C=O) groups excluding carboxylic acids is 1. The van der Waals surface area contributed by atoms with Crippen LogP contribution in [0.5, 0.6) is 0 Å². The molecule has 0 spiro atoms. The molecule has 1 N–H and O–H groups in total. The van der Waals surface area contributed by atoms with E-state index in [1.165, 1.54) is 11.3 Å². The number of hydrogen-bond donors (Lipinski definition) is 1. The van der Waals surface area contributed by atoms with Crippen LogP contribution in [0.2, 0.25) is 0 Å². The van der Waals surface area contributed by atoms with E-state index in [4.69, 9.17) is 4.84 Å². The van der Waals surface area contributed by atoms with Crippen molar-refractivity contribution in [2.24, 2.45) is 15.7 Å². The summed E-state index contributed by atoms with van der Waals surface area (Å²) in [6.07, 6.45) is 6.52. The first-order valence-corrected chi connectivity index (χ1v) is 9.56. The summed E-state index contributed by atoms with van der Waals surface area (Å²) in [6.45, 7) is 6.11. The molecule has 7 heteroatoms. The van der Waals surface area contributed by atoms with Crippen LogP contribution >= 0.6 is 23.1 Å². The van der Waals surface area contributed by atoms with Crippen molar-refractivity contribution >= 4 is 40.9 Å². The lowest BCUT2D eigenvalue weighted by Gasteiger charge is -2.15. The number of nitrogens with zero attached hydrogens (tertiary/aromatic N) is 2. The number of hydrogen-bond acceptors (Lipinski definition) is 6. The molecule has 1 aromatic heterocycles. The first-order valence-electron chi connectivity index (χ1n) is 7.52. The minimum atomic E-state index is -0.147. The second kappa shape index (κ2) is 7.49. The fourth-order valence-electron chi connectivity index (χ4n) is 2.39. The highest BCUT2D eigenvalue weighted by Crippen LogP contribution is 2.39. The van der Waals surface area contributed by atoms with Gasteiger partial charge in [-0.25, -0.2) is 5.43 Å². The van der Waals surface area contributed by atoms with Crippen LogP contribution in [0.1, 0.15) is 54.4 Å². The Labute approximate surface area is 145 Å². The number of amides is 1. The predicted octanol–water partition coefficient (Wildman–Crippen LogP) is 3.92. The fraction of sp³-hybridized carbons (Fsp3) is 0.562. The van der Waals surface area contributed by atoms with E-state index in [1.807, 2.05) is 27.0 Å². The number of hydrazone groups is 1. The minimum absolute atomic E-state index is 0.0646. The van der Waals surface area contributed by atoms with Crippen molar-refractivity contribution in [2.45, 2.75) is 44.2 Å². The molecule has 0 saturated heterocycles. The highest BCUT2D eigenvalue weighted by atomic mass is 32.2. The van der Waals surface area contributed by atoms with Gasteiger partial charge in [-0.05, 0) is 36.5 Å². The van der Waals surface area contributed by atoms with E-state index < -0.39 is 0 Å². The summed E-state index contributed by atoms with van der Waals surface area (Å²) >= 11 is 3.15. The topological polar surface area (TPSA) is 63.0 Å². The zero-order valence-electron chi connectivity index (χ0n) is 14.2. The Morgan fingerprint density at radius 2 is 2.13 bits per heavy atom. The van der Waals surface area contributed by atoms with E-state index in [2.05, 4.69) is 15.7 Å². The van der Waals surface area contributed by atoms with Crippen LogP contribution in [-0.2, 0) is 11.3 Å². The normalized spacial score (nSPS) is 16.7. The monoisotopic (exact) mass is 353 g/mol. The molecule has 23 heavy (non-hydrogen) atoms. The third kappa shape index (κ3) is 4.35. The molecule has 1 heterocycles. The Morgan fingerprint density at radius 3 is 2.74 bits per heavy atom. The van der Waals surface area contributed by atoms with Gasteiger partial charge in [-0.2, -0.15) is 5.10 Å². The van der Waals surface area contributed by atoms with E-state index in [-0.39, 0.29) is 11.3 Å². The van der Waals surface area contributed by atoms with Crippen LogP contribution in [0.15, 0.2) is 14.5 Å². The Balaban J connectivity index is 2.32. The van der Waals surface area contributed by atoms with Gasteiger partial charge in [0.1, 0.15) is 7.11 Å². The molecule has 1 aliphatic rings. The SMILES string of the molecule is CO/N=C1/CCCc2c(C(=O)N/N=C\C(C)(C)C)sc(SC)c21. The number of thioether (sulfide) groups is 1. The van der Waals surface area contributed by atoms with Crippen LogP contribution in [0, 0.1) is 5.41 Å². The van der Waals surface area contributed by atoms with E-state index >= 15 is 0 Å². The maximum absolute atomic E-state index is 12.5. The van der Waals surface area contributed by atoms with E-state index in [1.54, 1.807) is 25.1 Å². The molecular formula is C16H23N3O2S2. The van der Waals surface area contributed by atoms with Crippen molar-refractivity contribution in [1.29, 1.82) is 0 Å². The second-order valence-electron chi connectivity index (χ2n) is 6.42. The second-order valence-corrected chi connectivity index (χ2v) is 8.51. The summed E-state index contributed by atoms with van der Waals surface area (Å²) in [4.78, 5) is 18.2. The summed E-state index contributed by atoms with van der Waals surface area (Å²) in [7, 11) is 1.56. The third-order valence-electron chi connectivity index (χ3n) is 3.31. The third-order valence-corrected chi connectivity index (χ3v) is 5.67. The molecule has 1 aliphatic carbocycles. The number of fused-ring (bicyclic) bond motifs is 1. The predicted molar refractivity (Wildman–Crippen MR) is 98.0 cm³/mol. The molecule has 0 atom stereocenters. The Kier molecular flexibility index (Phi) is 5.86. The fourth-order valence-corrected chi connectivity index (χ4v) is 4.42. The zero-order chi connectivity index (χ0) is 17.0. The van der Waals surface area contributed by atoms with Crippen LogP contribution in [-0.4, -0.2) is 31.2 Å². The number of rotatable bonds is 4. The number of carbonyl (C=O) groups is 1. The van der Waals surface area contributed by atoms with Crippen molar-refractivity contribution in [2.75, 3.05) is 13.4 Å². The van der Waals surface area contributed by atoms with E-state index in [0.717, 1.165) is 45.2 Å². The molecule has 0 bridgehead atoms. The number of nitrogens with one attached hydrogen (secondary N) is 1. The van der Waals surface area contributed by atoms with Crippen molar-refractivity contribution < 1.29 is 9.63 Å². The van der Waals surface area contributed by atoms with Gasteiger partial charge in [0.15, 0.2) is 0 Å². The molecule has 0 saturated carbocycles. The molecule has 2 rings (SSSR count). The average molecular weight is 354 g/mol. The molecule has 0 fully saturated rings. The molecule has 1 amide bonds. The van der Waals surface area contributed by atoms with Crippen LogP contribution in [0.3, 0.4) is 0 Å². The van der Waals surface area contributed by atoms with Crippen molar-refractivity contribution in [3.05, 3.63) is 16.0 Å². The van der Waals surface area contributed by atoms with Gasteiger partial charge in [0.05, 0.1) is 14.8 Å². The molecule has 1 aromatic rings. The van der Waals surface area contributed by atoms with Crippen molar-refractivity contribution in [3.63, 3.8) is 0 Å². The smallest absolute Gasteiger partial charge is 0.281 e. The maximum atomic E-state index is 12.5. The summed E-state index contributed by atoms with van der Waals surface area (Å²) in [5.41, 5.74) is 5.68. The molecule has 0 aliphatic heterocycles. The van der Waals surface area contributed by atoms with Crippen LogP contribution in [0.25, 0.3) is 0 Å². The van der Waals surface area contributed by atoms with Crippen LogP contribution < -0.4 is 5.43 Å². The van der Waals surface area contributed by atoms with E-state index in [0.29, 0.717) is 0 Å². The quantitative estimate of drug-likeness (QED) is 0.507. The summed E-state index contributed by atoms with van der Waals surface area (Å²) in [6, 6.07) is 0. The van der Waals surface area contributed by atoms with Gasteiger partial charge in [-0.3, -0.25) is 4.79 Å².